The predicted octanol–water partition coefficient (Wildman–Crippen LogP) is 2.58. The molecule has 1 aliphatic rings. The van der Waals surface area contributed by atoms with Gasteiger partial charge in [0, 0.05) is 5.56 Å². The van der Waals surface area contributed by atoms with Crippen LogP contribution in [0.5, 0.6) is 5.75 Å². The first kappa shape index (κ1) is 16.2. The molecule has 0 bridgehead atoms. The first-order valence-corrected chi connectivity index (χ1v) is 6.97. The Kier molecular flexibility index (Phi) is 4.95. The number of alkyl halides is 2. The van der Waals surface area contributed by atoms with Crippen molar-refractivity contribution in [3.05, 3.63) is 29.8 Å². The Morgan fingerprint density at radius 3 is 2.45 bits per heavy atom. The molecule has 1 aromatic rings. The Morgan fingerprint density at radius 1 is 1.27 bits per heavy atom. The van der Waals surface area contributed by atoms with E-state index in [4.69, 9.17) is 5.11 Å². The van der Waals surface area contributed by atoms with Gasteiger partial charge in [-0.05, 0) is 25.8 Å². The first-order chi connectivity index (χ1) is 10.4. The highest BCUT2D eigenvalue weighted by Crippen LogP contribution is 2.35. The van der Waals surface area contributed by atoms with E-state index < -0.39 is 30.5 Å². The van der Waals surface area contributed by atoms with Crippen LogP contribution >= 0.6 is 0 Å². The third kappa shape index (κ3) is 3.52. The Labute approximate surface area is 126 Å². The molecule has 0 aromatic heterocycles. The van der Waals surface area contributed by atoms with Crippen LogP contribution in [-0.2, 0) is 9.59 Å². The molecule has 0 heterocycles. The zero-order valence-electron chi connectivity index (χ0n) is 12.0. The minimum absolute atomic E-state index is 0.00584. The lowest BCUT2D eigenvalue weighted by Crippen LogP contribution is -2.44. The summed E-state index contributed by atoms with van der Waals surface area (Å²) in [6.45, 7) is -1.31. The summed E-state index contributed by atoms with van der Waals surface area (Å²) in [5.41, 5.74) is 0.419. The number of carbonyl (C=O) groups is 2. The highest BCUT2D eigenvalue weighted by Gasteiger charge is 2.41. The van der Waals surface area contributed by atoms with Crippen molar-refractivity contribution in [1.29, 1.82) is 0 Å². The molecule has 1 saturated carbocycles. The van der Waals surface area contributed by atoms with E-state index in [0.717, 1.165) is 0 Å². The van der Waals surface area contributed by atoms with Crippen molar-refractivity contribution in [2.24, 2.45) is 11.8 Å². The molecule has 3 atom stereocenters. The number of carboxylic acids is 1. The lowest BCUT2D eigenvalue weighted by molar-refractivity contribution is -0.152. The van der Waals surface area contributed by atoms with Gasteiger partial charge in [0.25, 0.3) is 0 Å². The van der Waals surface area contributed by atoms with E-state index in [2.05, 4.69) is 10.1 Å². The number of hydrogen-bond acceptors (Lipinski definition) is 3. The fourth-order valence-electron chi connectivity index (χ4n) is 2.55. The molecule has 2 N–H and O–H groups in total. The van der Waals surface area contributed by atoms with E-state index in [-0.39, 0.29) is 11.7 Å². The van der Waals surface area contributed by atoms with Gasteiger partial charge >= 0.3 is 12.6 Å². The minimum Gasteiger partial charge on any atom is -0.481 e. The molecule has 1 aromatic carbocycles. The van der Waals surface area contributed by atoms with Gasteiger partial charge in [-0.1, -0.05) is 18.2 Å². The van der Waals surface area contributed by atoms with Gasteiger partial charge in [0.2, 0.25) is 5.91 Å². The number of rotatable bonds is 6. The van der Waals surface area contributed by atoms with E-state index in [9.17, 15) is 18.4 Å². The quantitative estimate of drug-likeness (QED) is 0.846. The predicted molar refractivity (Wildman–Crippen MR) is 73.5 cm³/mol. The summed E-state index contributed by atoms with van der Waals surface area (Å²) in [4.78, 5) is 23.0. The molecule has 0 spiro atoms. The van der Waals surface area contributed by atoms with Crippen molar-refractivity contribution in [1.82, 2.24) is 5.32 Å². The van der Waals surface area contributed by atoms with Crippen molar-refractivity contribution in [3.63, 3.8) is 0 Å². The molecular formula is C15H17F2NO4. The summed E-state index contributed by atoms with van der Waals surface area (Å²) in [5.74, 6) is -2.60. The van der Waals surface area contributed by atoms with Crippen LogP contribution in [0.15, 0.2) is 24.3 Å². The van der Waals surface area contributed by atoms with E-state index in [1.165, 1.54) is 6.07 Å². The summed E-state index contributed by atoms with van der Waals surface area (Å²) in [7, 11) is 0. The molecule has 1 fully saturated rings. The maximum atomic E-state index is 12.4. The molecule has 22 heavy (non-hydrogen) atoms. The average Bonchev–Trinajstić information content (AvgIpc) is 2.36. The summed E-state index contributed by atoms with van der Waals surface area (Å²) >= 11 is 0. The van der Waals surface area contributed by atoms with Gasteiger partial charge in [0.05, 0.1) is 17.9 Å². The standard InChI is InChI=1S/C15H17F2NO4/c1-8(9-4-2-3-5-12(9)22-15(16)17)18-13(19)10-6-7-11(10)14(20)21/h2-5,8,10-11,15H,6-7H2,1H3,(H,18,19)(H,20,21). The van der Waals surface area contributed by atoms with Gasteiger partial charge in [-0.15, -0.1) is 0 Å². The van der Waals surface area contributed by atoms with Crippen molar-refractivity contribution in [2.45, 2.75) is 32.4 Å². The molecule has 1 amide bonds. The molecule has 120 valence electrons. The van der Waals surface area contributed by atoms with Gasteiger partial charge in [-0.2, -0.15) is 8.78 Å². The van der Waals surface area contributed by atoms with Gasteiger partial charge in [-0.25, -0.2) is 0 Å². The van der Waals surface area contributed by atoms with E-state index >= 15 is 0 Å². The number of amides is 1. The number of hydrogen-bond donors (Lipinski definition) is 2. The summed E-state index contributed by atoms with van der Waals surface area (Å²) < 4.78 is 29.2. The molecule has 3 unspecified atom stereocenters. The number of aliphatic carboxylic acids is 1. The van der Waals surface area contributed by atoms with Gasteiger partial charge in [0.1, 0.15) is 5.75 Å². The molecular weight excluding hydrogens is 296 g/mol. The first-order valence-electron chi connectivity index (χ1n) is 6.97. The third-order valence-corrected chi connectivity index (χ3v) is 3.89. The number of carbonyl (C=O) groups excluding carboxylic acids is 1. The number of halogens is 2. The fourth-order valence-corrected chi connectivity index (χ4v) is 2.55. The van der Waals surface area contributed by atoms with Crippen LogP contribution in [0.25, 0.3) is 0 Å². The van der Waals surface area contributed by atoms with Crippen molar-refractivity contribution in [3.8, 4) is 5.75 Å². The van der Waals surface area contributed by atoms with Crippen LogP contribution < -0.4 is 10.1 Å². The second-order valence-electron chi connectivity index (χ2n) is 5.28. The van der Waals surface area contributed by atoms with Crippen LogP contribution in [0.2, 0.25) is 0 Å². The molecule has 7 heteroatoms. The fraction of sp³-hybridized carbons (Fsp3) is 0.467. The van der Waals surface area contributed by atoms with Crippen LogP contribution in [0, 0.1) is 11.8 Å². The zero-order chi connectivity index (χ0) is 16.3. The number of ether oxygens (including phenoxy) is 1. The van der Waals surface area contributed by atoms with Crippen LogP contribution in [0.3, 0.4) is 0 Å². The number of nitrogens with one attached hydrogen (secondary N) is 1. The Morgan fingerprint density at radius 2 is 1.91 bits per heavy atom. The second kappa shape index (κ2) is 6.72. The van der Waals surface area contributed by atoms with Crippen LogP contribution in [-0.4, -0.2) is 23.6 Å². The summed E-state index contributed by atoms with van der Waals surface area (Å²) in [5, 5.41) is 11.6. The van der Waals surface area contributed by atoms with E-state index in [1.807, 2.05) is 0 Å². The van der Waals surface area contributed by atoms with E-state index in [0.29, 0.717) is 18.4 Å². The van der Waals surface area contributed by atoms with Crippen molar-refractivity contribution >= 4 is 11.9 Å². The minimum atomic E-state index is -2.95. The Hall–Kier alpha value is -2.18. The smallest absolute Gasteiger partial charge is 0.387 e. The maximum absolute atomic E-state index is 12.4. The van der Waals surface area contributed by atoms with Crippen LogP contribution in [0.1, 0.15) is 31.4 Å². The third-order valence-electron chi connectivity index (χ3n) is 3.89. The number of benzene rings is 1. The maximum Gasteiger partial charge on any atom is 0.387 e. The average molecular weight is 313 g/mol. The van der Waals surface area contributed by atoms with Gasteiger partial charge in [0.15, 0.2) is 0 Å². The van der Waals surface area contributed by atoms with Gasteiger partial charge in [-0.3, -0.25) is 9.59 Å². The molecule has 5 nitrogen and oxygen atoms in total. The highest BCUT2D eigenvalue weighted by atomic mass is 19.3. The lowest BCUT2D eigenvalue weighted by atomic mass is 9.73. The normalized spacial score (nSPS) is 21.8. The van der Waals surface area contributed by atoms with Crippen LogP contribution in [0.4, 0.5) is 8.78 Å². The Balaban J connectivity index is 2.04. The van der Waals surface area contributed by atoms with Crippen molar-refractivity contribution < 1.29 is 28.2 Å². The molecule has 1 aliphatic carbocycles. The number of para-hydroxylation sites is 1. The molecule has 0 saturated heterocycles. The second-order valence-corrected chi connectivity index (χ2v) is 5.28. The monoisotopic (exact) mass is 313 g/mol. The van der Waals surface area contributed by atoms with E-state index in [1.54, 1.807) is 25.1 Å². The SMILES string of the molecule is CC(NC(=O)C1CCC1C(=O)O)c1ccccc1OC(F)F. The number of carboxylic acid groups (broad SMARTS) is 1. The van der Waals surface area contributed by atoms with Crippen molar-refractivity contribution in [2.75, 3.05) is 0 Å². The summed E-state index contributed by atoms with van der Waals surface area (Å²) in [6.07, 6.45) is 0.998. The molecule has 0 radical (unpaired) electrons. The topological polar surface area (TPSA) is 75.6 Å². The molecule has 0 aliphatic heterocycles. The summed E-state index contributed by atoms with van der Waals surface area (Å²) in [6, 6.07) is 5.63. The largest absolute Gasteiger partial charge is 0.481 e. The lowest BCUT2D eigenvalue weighted by Gasteiger charge is -2.33. The molecule has 2 rings (SSSR count). The Bertz CT molecular complexity index is 564. The zero-order valence-corrected chi connectivity index (χ0v) is 12.0. The highest BCUT2D eigenvalue weighted by molar-refractivity contribution is 5.86. The van der Waals surface area contributed by atoms with Gasteiger partial charge < -0.3 is 15.2 Å².